The van der Waals surface area contributed by atoms with Crippen LogP contribution < -0.4 is 10.5 Å². The highest BCUT2D eigenvalue weighted by Gasteiger charge is 2.20. The van der Waals surface area contributed by atoms with Gasteiger partial charge in [0.1, 0.15) is 4.99 Å². The summed E-state index contributed by atoms with van der Waals surface area (Å²) in [7, 11) is -3.87. The first-order valence-electron chi connectivity index (χ1n) is 5.06. The van der Waals surface area contributed by atoms with Crippen molar-refractivity contribution in [1.82, 2.24) is 15.2 Å². The van der Waals surface area contributed by atoms with E-state index in [1.165, 1.54) is 24.5 Å². The molecule has 0 amide bonds. The van der Waals surface area contributed by atoms with Crippen LogP contribution in [0.3, 0.4) is 0 Å². The normalized spacial score (nSPS) is 10.9. The molecule has 1 heterocycles. The second kappa shape index (κ2) is 5.24. The number of aromatic nitrogens is 3. The summed E-state index contributed by atoms with van der Waals surface area (Å²) in [6, 6.07) is 6.14. The highest BCUT2D eigenvalue weighted by Crippen LogP contribution is 2.17. The monoisotopic (exact) mass is 295 g/mol. The molecule has 2 aromatic rings. The molecular weight excluding hydrogens is 286 g/mol. The van der Waals surface area contributed by atoms with Crippen LogP contribution in [0, 0.1) is 0 Å². The van der Waals surface area contributed by atoms with Gasteiger partial charge in [-0.2, -0.15) is 5.10 Å². The van der Waals surface area contributed by atoms with Crippen LogP contribution in [-0.2, 0) is 10.0 Å². The summed E-state index contributed by atoms with van der Waals surface area (Å²) in [5, 5.41) is 7.08. The van der Waals surface area contributed by atoms with E-state index in [1.54, 1.807) is 12.1 Å². The zero-order valence-corrected chi connectivity index (χ0v) is 11.1. The van der Waals surface area contributed by atoms with Crippen LogP contribution in [-0.4, -0.2) is 28.6 Å². The van der Waals surface area contributed by atoms with Crippen LogP contribution in [0.25, 0.3) is 0 Å². The summed E-state index contributed by atoms with van der Waals surface area (Å²) >= 11 is 4.82. The Bertz CT molecular complexity index is 703. The molecule has 0 aliphatic heterocycles. The van der Waals surface area contributed by atoms with Crippen LogP contribution in [0.2, 0.25) is 0 Å². The molecule has 98 valence electrons. The minimum absolute atomic E-state index is 0.00641. The molecule has 0 radical (unpaired) electrons. The van der Waals surface area contributed by atoms with Gasteiger partial charge in [-0.25, -0.2) is 18.1 Å². The third kappa shape index (κ3) is 3.01. The maximum absolute atomic E-state index is 12.2. The Balaban J connectivity index is 2.43. The molecule has 0 spiro atoms. The number of rotatable bonds is 4. The molecule has 0 fully saturated rings. The molecule has 1 aromatic carbocycles. The van der Waals surface area contributed by atoms with Gasteiger partial charge in [-0.1, -0.05) is 30.4 Å². The topological polar surface area (TPSA) is 111 Å². The third-order valence-electron chi connectivity index (χ3n) is 2.15. The molecular formula is C10H9N5O2S2. The number of nitrogens with one attached hydrogen (secondary N) is 1. The van der Waals surface area contributed by atoms with E-state index >= 15 is 0 Å². The predicted molar refractivity (Wildman–Crippen MR) is 73.0 cm³/mol. The first-order chi connectivity index (χ1) is 9.00. The van der Waals surface area contributed by atoms with E-state index in [0.717, 1.165) is 0 Å². The molecule has 9 heteroatoms. The van der Waals surface area contributed by atoms with Gasteiger partial charge in [-0.3, -0.25) is 0 Å². The molecule has 3 N–H and O–H groups in total. The van der Waals surface area contributed by atoms with Crippen LogP contribution in [0.4, 0.5) is 5.95 Å². The van der Waals surface area contributed by atoms with Crippen LogP contribution in [0.1, 0.15) is 5.56 Å². The SMILES string of the molecule is NC(=S)c1ccccc1S(=O)(=O)Nc1nccnn1. The summed E-state index contributed by atoms with van der Waals surface area (Å²) in [5.74, 6) is -0.125. The quantitative estimate of drug-likeness (QED) is 0.781. The van der Waals surface area contributed by atoms with Crippen molar-refractivity contribution in [3.05, 3.63) is 42.2 Å². The van der Waals surface area contributed by atoms with E-state index in [4.69, 9.17) is 18.0 Å². The second-order valence-electron chi connectivity index (χ2n) is 3.43. The Morgan fingerprint density at radius 2 is 2.00 bits per heavy atom. The molecule has 0 saturated heterocycles. The zero-order chi connectivity index (χ0) is 13.9. The van der Waals surface area contributed by atoms with Crippen molar-refractivity contribution in [2.75, 3.05) is 4.72 Å². The number of thiocarbonyl (C=S) groups is 1. The predicted octanol–water partition coefficient (Wildman–Crippen LogP) is 0.307. The zero-order valence-electron chi connectivity index (χ0n) is 9.52. The minimum atomic E-state index is -3.87. The Morgan fingerprint density at radius 3 is 2.63 bits per heavy atom. The standard InChI is InChI=1S/C10H9N5O2S2/c11-9(18)7-3-1-2-4-8(7)19(16,17)15-10-12-5-6-13-14-10/h1-6H,(H2,11,18)(H,12,14,15). The molecule has 0 atom stereocenters. The first-order valence-corrected chi connectivity index (χ1v) is 6.95. The van der Waals surface area contributed by atoms with E-state index in [0.29, 0.717) is 0 Å². The molecule has 19 heavy (non-hydrogen) atoms. The Kier molecular flexibility index (Phi) is 3.67. The lowest BCUT2D eigenvalue weighted by Gasteiger charge is -2.09. The van der Waals surface area contributed by atoms with Crippen molar-refractivity contribution in [2.45, 2.75) is 4.90 Å². The lowest BCUT2D eigenvalue weighted by Crippen LogP contribution is -2.20. The van der Waals surface area contributed by atoms with E-state index < -0.39 is 10.0 Å². The number of anilines is 1. The van der Waals surface area contributed by atoms with Gasteiger partial charge in [0.2, 0.25) is 0 Å². The van der Waals surface area contributed by atoms with Crippen molar-refractivity contribution in [2.24, 2.45) is 5.73 Å². The van der Waals surface area contributed by atoms with Crippen LogP contribution in [0.5, 0.6) is 0 Å². The summed E-state index contributed by atoms with van der Waals surface area (Å²) in [6.07, 6.45) is 2.66. The fourth-order valence-corrected chi connectivity index (χ4v) is 2.79. The third-order valence-corrected chi connectivity index (χ3v) is 3.76. The van der Waals surface area contributed by atoms with Gasteiger partial charge in [-0.15, -0.1) is 5.10 Å². The molecule has 0 aliphatic rings. The Morgan fingerprint density at radius 1 is 1.26 bits per heavy atom. The van der Waals surface area contributed by atoms with Gasteiger partial charge < -0.3 is 5.73 Å². The molecule has 0 bridgehead atoms. The maximum atomic E-state index is 12.2. The van der Waals surface area contributed by atoms with E-state index in [9.17, 15) is 8.42 Å². The van der Waals surface area contributed by atoms with Gasteiger partial charge in [0.05, 0.1) is 17.3 Å². The molecule has 7 nitrogen and oxygen atoms in total. The fourth-order valence-electron chi connectivity index (χ4n) is 1.37. The summed E-state index contributed by atoms with van der Waals surface area (Å²) in [6.45, 7) is 0. The summed E-state index contributed by atoms with van der Waals surface area (Å²) in [5.41, 5.74) is 5.76. The number of hydrogen-bond acceptors (Lipinski definition) is 6. The lowest BCUT2D eigenvalue weighted by atomic mass is 10.2. The number of benzene rings is 1. The van der Waals surface area contributed by atoms with Crippen LogP contribution >= 0.6 is 12.2 Å². The highest BCUT2D eigenvalue weighted by molar-refractivity contribution is 7.93. The largest absolute Gasteiger partial charge is 0.389 e. The second-order valence-corrected chi connectivity index (χ2v) is 5.52. The highest BCUT2D eigenvalue weighted by atomic mass is 32.2. The van der Waals surface area contributed by atoms with E-state index in [-0.39, 0.29) is 21.4 Å². The number of nitrogens with two attached hydrogens (primary N) is 1. The van der Waals surface area contributed by atoms with Crippen molar-refractivity contribution in [3.8, 4) is 0 Å². The average molecular weight is 295 g/mol. The lowest BCUT2D eigenvalue weighted by molar-refractivity contribution is 0.600. The molecule has 1 aromatic heterocycles. The van der Waals surface area contributed by atoms with Crippen molar-refractivity contribution in [3.63, 3.8) is 0 Å². The van der Waals surface area contributed by atoms with Gasteiger partial charge >= 0.3 is 0 Å². The van der Waals surface area contributed by atoms with Gasteiger partial charge in [0.15, 0.2) is 0 Å². The number of nitrogens with zero attached hydrogens (tertiary/aromatic N) is 3. The average Bonchev–Trinajstić information content (AvgIpc) is 2.39. The van der Waals surface area contributed by atoms with Gasteiger partial charge in [0.25, 0.3) is 16.0 Å². The Hall–Kier alpha value is -2.13. The molecule has 0 unspecified atom stereocenters. The van der Waals surface area contributed by atoms with Gasteiger partial charge in [0, 0.05) is 5.56 Å². The summed E-state index contributed by atoms with van der Waals surface area (Å²) < 4.78 is 26.6. The van der Waals surface area contributed by atoms with Gasteiger partial charge in [-0.05, 0) is 6.07 Å². The molecule has 0 aliphatic carbocycles. The van der Waals surface area contributed by atoms with Crippen LogP contribution in [0.15, 0.2) is 41.6 Å². The summed E-state index contributed by atoms with van der Waals surface area (Å²) in [4.78, 5) is 3.70. The van der Waals surface area contributed by atoms with E-state index in [1.807, 2.05) is 0 Å². The molecule has 2 rings (SSSR count). The first kappa shape index (κ1) is 13.3. The van der Waals surface area contributed by atoms with Crippen molar-refractivity contribution >= 4 is 33.2 Å². The van der Waals surface area contributed by atoms with Crippen molar-refractivity contribution < 1.29 is 8.42 Å². The fraction of sp³-hybridized carbons (Fsp3) is 0. The van der Waals surface area contributed by atoms with Crippen molar-refractivity contribution in [1.29, 1.82) is 0 Å². The number of hydrogen-bond donors (Lipinski definition) is 2. The smallest absolute Gasteiger partial charge is 0.264 e. The van der Waals surface area contributed by atoms with E-state index in [2.05, 4.69) is 19.9 Å². The minimum Gasteiger partial charge on any atom is -0.389 e. The number of sulfonamides is 1. The Labute approximate surface area is 114 Å². The maximum Gasteiger partial charge on any atom is 0.264 e. The molecule has 0 saturated carbocycles.